The van der Waals surface area contributed by atoms with Gasteiger partial charge in [0.2, 0.25) is 0 Å². The van der Waals surface area contributed by atoms with E-state index in [1.54, 1.807) is 24.5 Å². The Balaban J connectivity index is 1.87. The van der Waals surface area contributed by atoms with Crippen LogP contribution in [0.2, 0.25) is 0 Å². The van der Waals surface area contributed by atoms with E-state index in [-0.39, 0.29) is 4.90 Å². The fraction of sp³-hybridized carbons (Fsp3) is 0.250. The Kier molecular flexibility index (Phi) is 3.94. The number of oxime groups is 1. The molecule has 22 heavy (non-hydrogen) atoms. The Morgan fingerprint density at radius 2 is 1.91 bits per heavy atom. The zero-order valence-corrected chi connectivity index (χ0v) is 13.0. The van der Waals surface area contributed by atoms with Gasteiger partial charge >= 0.3 is 10.1 Å². The third-order valence-corrected chi connectivity index (χ3v) is 4.75. The molecule has 0 unspecified atom stereocenters. The largest absolute Gasteiger partial charge is 0.358 e. The molecule has 1 aromatic carbocycles. The van der Waals surface area contributed by atoms with Crippen LogP contribution in [0.5, 0.6) is 0 Å². The van der Waals surface area contributed by atoms with Gasteiger partial charge in [0.25, 0.3) is 0 Å². The SMILES string of the molecule is Cc1ccc(S(=O)(=O)O/N=C2\CCCc3cnccc32)cc1. The van der Waals surface area contributed by atoms with Gasteiger partial charge in [-0.05, 0) is 49.9 Å². The molecule has 1 heterocycles. The van der Waals surface area contributed by atoms with Crippen molar-refractivity contribution in [3.05, 3.63) is 59.4 Å². The van der Waals surface area contributed by atoms with Gasteiger partial charge in [-0.2, -0.15) is 8.42 Å². The van der Waals surface area contributed by atoms with Crippen molar-refractivity contribution >= 4 is 15.8 Å². The number of benzene rings is 1. The molecule has 1 aliphatic carbocycles. The lowest BCUT2D eigenvalue weighted by molar-refractivity contribution is 0.337. The highest BCUT2D eigenvalue weighted by Gasteiger charge is 2.19. The summed E-state index contributed by atoms with van der Waals surface area (Å²) in [6, 6.07) is 8.33. The number of aromatic nitrogens is 1. The topological polar surface area (TPSA) is 68.6 Å². The summed E-state index contributed by atoms with van der Waals surface area (Å²) >= 11 is 0. The number of fused-ring (bicyclic) bond motifs is 1. The fourth-order valence-electron chi connectivity index (χ4n) is 2.43. The highest BCUT2D eigenvalue weighted by Crippen LogP contribution is 2.22. The molecule has 0 atom stereocenters. The molecule has 0 amide bonds. The van der Waals surface area contributed by atoms with Crippen LogP contribution in [0.4, 0.5) is 0 Å². The minimum Gasteiger partial charge on any atom is -0.264 e. The number of aryl methyl sites for hydroxylation is 2. The maximum Gasteiger partial charge on any atom is 0.358 e. The Morgan fingerprint density at radius 3 is 2.68 bits per heavy atom. The van der Waals surface area contributed by atoms with E-state index in [2.05, 4.69) is 10.1 Å². The average Bonchev–Trinajstić information content (AvgIpc) is 2.53. The molecule has 0 radical (unpaired) electrons. The monoisotopic (exact) mass is 316 g/mol. The molecule has 1 aliphatic rings. The van der Waals surface area contributed by atoms with Crippen LogP contribution in [0, 0.1) is 6.92 Å². The van der Waals surface area contributed by atoms with E-state index in [0.29, 0.717) is 12.1 Å². The molecule has 0 fully saturated rings. The summed E-state index contributed by atoms with van der Waals surface area (Å²) in [5, 5.41) is 3.90. The predicted octanol–water partition coefficient (Wildman–Crippen LogP) is 2.84. The van der Waals surface area contributed by atoms with Gasteiger partial charge in [0.1, 0.15) is 4.90 Å². The van der Waals surface area contributed by atoms with Crippen LogP contribution in [0.25, 0.3) is 0 Å². The van der Waals surface area contributed by atoms with Crippen molar-refractivity contribution in [2.45, 2.75) is 31.1 Å². The fourth-order valence-corrected chi connectivity index (χ4v) is 3.17. The normalized spacial score (nSPS) is 16.3. The smallest absolute Gasteiger partial charge is 0.264 e. The van der Waals surface area contributed by atoms with Crippen molar-refractivity contribution in [3.8, 4) is 0 Å². The molecule has 114 valence electrons. The zero-order chi connectivity index (χ0) is 15.6. The van der Waals surface area contributed by atoms with Crippen molar-refractivity contribution in [2.24, 2.45) is 5.16 Å². The minimum absolute atomic E-state index is 0.105. The van der Waals surface area contributed by atoms with E-state index in [1.807, 2.05) is 13.0 Å². The van der Waals surface area contributed by atoms with Gasteiger partial charge in [-0.15, -0.1) is 0 Å². The molecule has 2 aromatic rings. The molecule has 0 bridgehead atoms. The second-order valence-corrected chi connectivity index (χ2v) is 6.79. The van der Waals surface area contributed by atoms with Crippen LogP contribution in [-0.4, -0.2) is 19.1 Å². The van der Waals surface area contributed by atoms with Crippen molar-refractivity contribution in [2.75, 3.05) is 0 Å². The van der Waals surface area contributed by atoms with Crippen LogP contribution >= 0.6 is 0 Å². The summed E-state index contributed by atoms with van der Waals surface area (Å²) in [5.41, 5.74) is 3.63. The summed E-state index contributed by atoms with van der Waals surface area (Å²) in [7, 11) is -3.88. The van der Waals surface area contributed by atoms with Crippen molar-refractivity contribution in [1.82, 2.24) is 4.98 Å². The van der Waals surface area contributed by atoms with Crippen molar-refractivity contribution < 1.29 is 12.7 Å². The third-order valence-electron chi connectivity index (χ3n) is 3.63. The summed E-state index contributed by atoms with van der Waals surface area (Å²) < 4.78 is 29.2. The molecule has 0 N–H and O–H groups in total. The van der Waals surface area contributed by atoms with Gasteiger partial charge in [0.15, 0.2) is 0 Å². The summed E-state index contributed by atoms with van der Waals surface area (Å²) in [5.74, 6) is 0. The summed E-state index contributed by atoms with van der Waals surface area (Å²) in [6.07, 6.45) is 5.99. The maximum atomic E-state index is 12.2. The van der Waals surface area contributed by atoms with Gasteiger partial charge in [-0.25, -0.2) is 0 Å². The highest BCUT2D eigenvalue weighted by molar-refractivity contribution is 7.86. The number of pyridine rings is 1. The number of rotatable bonds is 3. The van der Waals surface area contributed by atoms with Crippen LogP contribution < -0.4 is 0 Å². The van der Waals surface area contributed by atoms with E-state index in [9.17, 15) is 8.42 Å². The quantitative estimate of drug-likeness (QED) is 0.817. The molecule has 6 heteroatoms. The first kappa shape index (κ1) is 14.7. The van der Waals surface area contributed by atoms with Crippen LogP contribution in [0.1, 0.15) is 29.5 Å². The third kappa shape index (κ3) is 3.01. The molecular formula is C16H16N2O3S. The van der Waals surface area contributed by atoms with Crippen molar-refractivity contribution in [1.29, 1.82) is 0 Å². The highest BCUT2D eigenvalue weighted by atomic mass is 32.2. The lowest BCUT2D eigenvalue weighted by Gasteiger charge is -2.16. The Morgan fingerprint density at radius 1 is 1.14 bits per heavy atom. The van der Waals surface area contributed by atoms with Crippen LogP contribution in [0.3, 0.4) is 0 Å². The summed E-state index contributed by atoms with van der Waals surface area (Å²) in [6.45, 7) is 1.89. The second kappa shape index (κ2) is 5.88. The zero-order valence-electron chi connectivity index (χ0n) is 12.2. The Hall–Kier alpha value is -2.21. The molecule has 0 spiro atoms. The number of hydrogen-bond acceptors (Lipinski definition) is 5. The van der Waals surface area contributed by atoms with E-state index in [0.717, 1.165) is 29.5 Å². The van der Waals surface area contributed by atoms with Gasteiger partial charge in [-0.1, -0.05) is 22.9 Å². The Labute approximate surface area is 129 Å². The predicted molar refractivity (Wildman–Crippen MR) is 83.2 cm³/mol. The van der Waals surface area contributed by atoms with Gasteiger partial charge in [0, 0.05) is 18.0 Å². The van der Waals surface area contributed by atoms with E-state index in [1.165, 1.54) is 12.1 Å². The van der Waals surface area contributed by atoms with Gasteiger partial charge in [0.05, 0.1) is 5.71 Å². The summed E-state index contributed by atoms with van der Waals surface area (Å²) in [4.78, 5) is 4.19. The average molecular weight is 316 g/mol. The van der Waals surface area contributed by atoms with E-state index in [4.69, 9.17) is 4.28 Å². The minimum atomic E-state index is -3.88. The lowest BCUT2D eigenvalue weighted by atomic mass is 9.92. The van der Waals surface area contributed by atoms with Crippen molar-refractivity contribution in [3.63, 3.8) is 0 Å². The number of nitrogens with zero attached hydrogens (tertiary/aromatic N) is 2. The first-order chi connectivity index (χ1) is 10.6. The molecule has 3 rings (SSSR count). The lowest BCUT2D eigenvalue weighted by Crippen LogP contribution is -2.14. The number of hydrogen-bond donors (Lipinski definition) is 0. The molecule has 0 saturated carbocycles. The molecule has 0 aliphatic heterocycles. The first-order valence-corrected chi connectivity index (χ1v) is 8.47. The Bertz CT molecular complexity index is 812. The van der Waals surface area contributed by atoms with E-state index >= 15 is 0 Å². The molecule has 0 saturated heterocycles. The van der Waals surface area contributed by atoms with E-state index < -0.39 is 10.1 Å². The molecular weight excluding hydrogens is 300 g/mol. The van der Waals surface area contributed by atoms with Crippen LogP contribution in [-0.2, 0) is 20.8 Å². The first-order valence-electron chi connectivity index (χ1n) is 7.07. The standard InChI is InChI=1S/C16H16N2O3S/c1-12-5-7-14(8-6-12)22(19,20)21-18-16-4-2-3-13-11-17-10-9-15(13)16/h5-11H,2-4H2,1H3/b18-16+. The van der Waals surface area contributed by atoms with Gasteiger partial charge in [-0.3, -0.25) is 9.27 Å². The molecule has 1 aromatic heterocycles. The molecule has 5 nitrogen and oxygen atoms in total. The van der Waals surface area contributed by atoms with Gasteiger partial charge < -0.3 is 0 Å². The maximum absolute atomic E-state index is 12.2. The second-order valence-electron chi connectivity index (χ2n) is 5.27. The van der Waals surface area contributed by atoms with Crippen LogP contribution in [0.15, 0.2) is 52.8 Å².